The Hall–Kier alpha value is -3.62. The van der Waals surface area contributed by atoms with Gasteiger partial charge in [-0.05, 0) is 88.0 Å². The minimum Gasteiger partial charge on any atom is -0.311 e. The van der Waals surface area contributed by atoms with Gasteiger partial charge in [0.15, 0.2) is 0 Å². The van der Waals surface area contributed by atoms with Crippen LogP contribution in [0.3, 0.4) is 0 Å². The highest BCUT2D eigenvalue weighted by Crippen LogP contribution is 2.50. The normalized spacial score (nSPS) is 13.2. The first-order valence-electron chi connectivity index (χ1n) is 12.0. The molecule has 6 rings (SSSR count). The second-order valence-corrected chi connectivity index (χ2v) is 10.5. The molecule has 0 fully saturated rings. The highest BCUT2D eigenvalue weighted by Gasteiger charge is 2.35. The van der Waals surface area contributed by atoms with Gasteiger partial charge in [0.25, 0.3) is 0 Å². The third kappa shape index (κ3) is 3.79. The lowest BCUT2D eigenvalue weighted by Gasteiger charge is -2.25. The molecule has 0 radical (unpaired) electrons. The average Bonchev–Trinajstić information content (AvgIpc) is 3.11. The summed E-state index contributed by atoms with van der Waals surface area (Å²) in [7, 11) is 0. The molecule has 0 unspecified atom stereocenters. The summed E-state index contributed by atoms with van der Waals surface area (Å²) in [5.41, 5.74) is 11.4. The van der Waals surface area contributed by atoms with Crippen molar-refractivity contribution in [2.75, 3.05) is 4.90 Å². The van der Waals surface area contributed by atoms with Crippen LogP contribution in [0.15, 0.2) is 126 Å². The van der Waals surface area contributed by atoms with Gasteiger partial charge in [0, 0.05) is 26.9 Å². The van der Waals surface area contributed by atoms with Crippen molar-refractivity contribution in [1.82, 2.24) is 0 Å². The van der Waals surface area contributed by atoms with Crippen molar-refractivity contribution >= 4 is 33.0 Å². The van der Waals surface area contributed by atoms with Crippen LogP contribution in [0.4, 0.5) is 17.1 Å². The van der Waals surface area contributed by atoms with Gasteiger partial charge in [-0.15, -0.1) is 0 Å². The largest absolute Gasteiger partial charge is 0.311 e. The number of rotatable bonds is 4. The second kappa shape index (κ2) is 8.55. The topological polar surface area (TPSA) is 3.24 Å². The summed E-state index contributed by atoms with van der Waals surface area (Å²) in [5.74, 6) is 0. The molecule has 5 aromatic rings. The molecular weight excluding hydrogens is 490 g/mol. The average molecular weight is 516 g/mol. The number of nitrogens with zero attached hydrogens (tertiary/aromatic N) is 1. The van der Waals surface area contributed by atoms with Crippen molar-refractivity contribution in [2.45, 2.75) is 19.3 Å². The Labute approximate surface area is 215 Å². The summed E-state index contributed by atoms with van der Waals surface area (Å²) in [4.78, 5) is 2.30. The summed E-state index contributed by atoms with van der Waals surface area (Å²) in [6.45, 7) is 4.66. The Balaban J connectivity index is 1.38. The molecule has 0 aromatic heterocycles. The Morgan fingerprint density at radius 1 is 0.514 bits per heavy atom. The van der Waals surface area contributed by atoms with Crippen LogP contribution < -0.4 is 4.90 Å². The molecule has 0 bridgehead atoms. The zero-order valence-electron chi connectivity index (χ0n) is 19.9. The number of benzene rings is 5. The molecule has 0 N–H and O–H groups in total. The number of para-hydroxylation sites is 2. The smallest absolute Gasteiger partial charge is 0.0462 e. The van der Waals surface area contributed by atoms with Crippen molar-refractivity contribution in [3.63, 3.8) is 0 Å². The van der Waals surface area contributed by atoms with E-state index in [9.17, 15) is 0 Å². The van der Waals surface area contributed by atoms with E-state index in [1.165, 1.54) is 33.4 Å². The van der Waals surface area contributed by atoms with Gasteiger partial charge >= 0.3 is 0 Å². The molecule has 35 heavy (non-hydrogen) atoms. The van der Waals surface area contributed by atoms with Crippen LogP contribution in [-0.2, 0) is 5.41 Å². The number of fused-ring (bicyclic) bond motifs is 3. The van der Waals surface area contributed by atoms with Gasteiger partial charge in [-0.2, -0.15) is 0 Å². The maximum absolute atomic E-state index is 3.66. The van der Waals surface area contributed by atoms with Gasteiger partial charge in [0.2, 0.25) is 0 Å². The molecule has 1 aliphatic carbocycles. The second-order valence-electron chi connectivity index (χ2n) is 9.63. The molecule has 5 aromatic carbocycles. The predicted molar refractivity (Wildman–Crippen MR) is 152 cm³/mol. The summed E-state index contributed by atoms with van der Waals surface area (Å²) in [6, 6.07) is 43.6. The van der Waals surface area contributed by atoms with E-state index in [0.29, 0.717) is 0 Å². The summed E-state index contributed by atoms with van der Waals surface area (Å²) in [5, 5.41) is 0. The number of hydrogen-bond acceptors (Lipinski definition) is 1. The van der Waals surface area contributed by atoms with Crippen LogP contribution in [-0.4, -0.2) is 0 Å². The highest BCUT2D eigenvalue weighted by atomic mass is 79.9. The highest BCUT2D eigenvalue weighted by molar-refractivity contribution is 9.10. The molecule has 0 amide bonds. The van der Waals surface area contributed by atoms with Crippen molar-refractivity contribution in [3.8, 4) is 22.3 Å². The fourth-order valence-electron chi connectivity index (χ4n) is 5.29. The quantitative estimate of drug-likeness (QED) is 0.230. The zero-order chi connectivity index (χ0) is 24.0. The van der Waals surface area contributed by atoms with Crippen molar-refractivity contribution in [3.05, 3.63) is 137 Å². The van der Waals surface area contributed by atoms with Crippen molar-refractivity contribution in [2.24, 2.45) is 0 Å². The Bertz CT molecular complexity index is 1460. The number of hydrogen-bond donors (Lipinski definition) is 0. The first kappa shape index (κ1) is 21.9. The summed E-state index contributed by atoms with van der Waals surface area (Å²) in [6.07, 6.45) is 0. The van der Waals surface area contributed by atoms with Gasteiger partial charge in [-0.1, -0.05) is 96.5 Å². The monoisotopic (exact) mass is 515 g/mol. The maximum atomic E-state index is 3.66. The molecule has 0 aliphatic heterocycles. The minimum absolute atomic E-state index is 0.0260. The summed E-state index contributed by atoms with van der Waals surface area (Å²) < 4.78 is 1.13. The van der Waals surface area contributed by atoms with Crippen LogP contribution in [0, 0.1) is 0 Å². The van der Waals surface area contributed by atoms with Gasteiger partial charge in [0.1, 0.15) is 0 Å². The maximum Gasteiger partial charge on any atom is 0.0462 e. The third-order valence-electron chi connectivity index (χ3n) is 7.13. The Morgan fingerprint density at radius 2 is 1.00 bits per heavy atom. The van der Waals surface area contributed by atoms with Crippen molar-refractivity contribution < 1.29 is 0 Å². The SMILES string of the molecule is CC1(C)c2cc(Br)ccc2-c2ccc(-c3ccc(N(c4ccccc4)c4ccccc4)cc3)cc21. The van der Waals surface area contributed by atoms with Gasteiger partial charge < -0.3 is 4.90 Å². The Kier molecular flexibility index (Phi) is 5.35. The van der Waals surface area contributed by atoms with E-state index < -0.39 is 0 Å². The van der Waals surface area contributed by atoms with Crippen LogP contribution in [0.2, 0.25) is 0 Å². The molecule has 0 saturated carbocycles. The predicted octanol–water partition coefficient (Wildman–Crippen LogP) is 9.89. The third-order valence-corrected chi connectivity index (χ3v) is 7.62. The molecule has 2 heteroatoms. The standard InChI is InChI=1S/C33H26BrN/c1-33(2)31-21-24(15-19-29(31)30-20-16-25(34)22-32(30)33)23-13-17-28(18-14-23)35(26-9-5-3-6-10-26)27-11-7-4-8-12-27/h3-22H,1-2H3. The van der Waals surface area contributed by atoms with E-state index >= 15 is 0 Å². The molecule has 170 valence electrons. The van der Waals surface area contributed by atoms with E-state index in [1.54, 1.807) is 0 Å². The molecule has 0 atom stereocenters. The van der Waals surface area contributed by atoms with Crippen LogP contribution in [0.5, 0.6) is 0 Å². The first-order valence-corrected chi connectivity index (χ1v) is 12.8. The minimum atomic E-state index is -0.0260. The molecule has 1 aliphatic rings. The van der Waals surface area contributed by atoms with Crippen molar-refractivity contribution in [1.29, 1.82) is 0 Å². The molecule has 1 nitrogen and oxygen atoms in total. The number of halogens is 1. The Morgan fingerprint density at radius 3 is 1.60 bits per heavy atom. The van der Waals surface area contributed by atoms with E-state index in [2.05, 4.69) is 156 Å². The lowest BCUT2D eigenvalue weighted by atomic mass is 9.81. The molecular formula is C33H26BrN. The molecule has 0 spiro atoms. The number of anilines is 3. The first-order chi connectivity index (χ1) is 17.0. The van der Waals surface area contributed by atoms with Crippen LogP contribution >= 0.6 is 15.9 Å². The van der Waals surface area contributed by atoms with E-state index in [0.717, 1.165) is 21.5 Å². The van der Waals surface area contributed by atoms with Crippen LogP contribution in [0.25, 0.3) is 22.3 Å². The van der Waals surface area contributed by atoms with E-state index in [1.807, 2.05) is 0 Å². The van der Waals surface area contributed by atoms with Gasteiger partial charge in [-0.25, -0.2) is 0 Å². The lowest BCUT2D eigenvalue weighted by Crippen LogP contribution is -2.15. The van der Waals surface area contributed by atoms with E-state index in [4.69, 9.17) is 0 Å². The van der Waals surface area contributed by atoms with Gasteiger partial charge in [0.05, 0.1) is 0 Å². The molecule has 0 saturated heterocycles. The zero-order valence-corrected chi connectivity index (χ0v) is 21.5. The fourth-order valence-corrected chi connectivity index (χ4v) is 5.65. The molecule has 0 heterocycles. The lowest BCUT2D eigenvalue weighted by molar-refractivity contribution is 0.660. The van der Waals surface area contributed by atoms with Gasteiger partial charge in [-0.3, -0.25) is 0 Å². The van der Waals surface area contributed by atoms with E-state index in [-0.39, 0.29) is 5.41 Å². The summed E-state index contributed by atoms with van der Waals surface area (Å²) >= 11 is 3.66. The fraction of sp³-hybridized carbons (Fsp3) is 0.0909. The van der Waals surface area contributed by atoms with Crippen LogP contribution in [0.1, 0.15) is 25.0 Å².